The third-order valence-corrected chi connectivity index (χ3v) is 4.83. The molecule has 2 aromatic carbocycles. The number of hydrogen-bond donors (Lipinski definition) is 0. The van der Waals surface area contributed by atoms with E-state index < -0.39 is 17.8 Å². The summed E-state index contributed by atoms with van der Waals surface area (Å²) >= 11 is 0. The first-order valence-corrected chi connectivity index (χ1v) is 9.59. The number of esters is 1. The van der Waals surface area contributed by atoms with E-state index in [1.165, 1.54) is 4.57 Å². The highest BCUT2D eigenvalue weighted by atomic mass is 16.5. The van der Waals surface area contributed by atoms with Crippen molar-refractivity contribution in [2.75, 3.05) is 0 Å². The summed E-state index contributed by atoms with van der Waals surface area (Å²) < 4.78 is 11.8. The van der Waals surface area contributed by atoms with Crippen LogP contribution in [-0.4, -0.2) is 22.4 Å². The van der Waals surface area contributed by atoms with Crippen LogP contribution < -0.4 is 5.76 Å². The second-order valence-corrected chi connectivity index (χ2v) is 8.06. The molecule has 29 heavy (non-hydrogen) atoms. The van der Waals surface area contributed by atoms with Gasteiger partial charge in [0.25, 0.3) is 0 Å². The maximum atomic E-state index is 12.6. The van der Waals surface area contributed by atoms with E-state index in [-0.39, 0.29) is 24.2 Å². The summed E-state index contributed by atoms with van der Waals surface area (Å²) in [4.78, 5) is 36.7. The topological polar surface area (TPSA) is 78.5 Å². The van der Waals surface area contributed by atoms with Gasteiger partial charge in [0.1, 0.15) is 0 Å². The monoisotopic (exact) mass is 395 g/mol. The Labute approximate surface area is 169 Å². The number of Topliss-reactive ketones (excluding diaryl/α,β-unsaturated/α-hetero) is 1. The van der Waals surface area contributed by atoms with Gasteiger partial charge in [-0.3, -0.25) is 14.2 Å². The van der Waals surface area contributed by atoms with E-state index in [2.05, 4.69) is 20.8 Å². The molecule has 0 aliphatic carbocycles. The van der Waals surface area contributed by atoms with Crippen molar-refractivity contribution in [2.24, 2.45) is 0 Å². The lowest BCUT2D eigenvalue weighted by atomic mass is 9.86. The van der Waals surface area contributed by atoms with Crippen LogP contribution in [-0.2, 0) is 21.5 Å². The van der Waals surface area contributed by atoms with Gasteiger partial charge in [0.05, 0.1) is 11.9 Å². The molecule has 1 heterocycles. The second-order valence-electron chi connectivity index (χ2n) is 8.06. The van der Waals surface area contributed by atoms with Gasteiger partial charge in [-0.2, -0.15) is 0 Å². The maximum absolute atomic E-state index is 12.6. The molecule has 0 bridgehead atoms. The normalized spacial score (nSPS) is 12.7. The number of ketones is 1. The molecule has 0 N–H and O–H groups in total. The lowest BCUT2D eigenvalue weighted by molar-refractivity contribution is -0.146. The molecule has 0 fully saturated rings. The molecule has 6 heteroatoms. The van der Waals surface area contributed by atoms with Crippen LogP contribution in [0.15, 0.2) is 57.7 Å². The first-order chi connectivity index (χ1) is 13.7. The minimum Gasteiger partial charge on any atom is -0.454 e. The first-order valence-electron chi connectivity index (χ1n) is 9.59. The fourth-order valence-electron chi connectivity index (χ4n) is 3.11. The van der Waals surface area contributed by atoms with Crippen LogP contribution in [0.3, 0.4) is 0 Å². The van der Waals surface area contributed by atoms with E-state index in [1.54, 1.807) is 43.3 Å². The van der Waals surface area contributed by atoms with Gasteiger partial charge in [-0.05, 0) is 30.0 Å². The van der Waals surface area contributed by atoms with E-state index in [1.807, 2.05) is 12.1 Å². The molecule has 0 amide bonds. The predicted octanol–water partition coefficient (Wildman–Crippen LogP) is 4.10. The van der Waals surface area contributed by atoms with Gasteiger partial charge < -0.3 is 9.15 Å². The highest BCUT2D eigenvalue weighted by molar-refractivity contribution is 6.00. The molecule has 0 radical (unpaired) electrons. The molecule has 0 saturated heterocycles. The number of aryl methyl sites for hydroxylation is 1. The molecule has 0 unspecified atom stereocenters. The number of fused-ring (bicyclic) bond motifs is 1. The third kappa shape index (κ3) is 4.65. The first kappa shape index (κ1) is 20.6. The van der Waals surface area contributed by atoms with Crippen molar-refractivity contribution < 1.29 is 18.7 Å². The molecule has 152 valence electrons. The van der Waals surface area contributed by atoms with Crippen molar-refractivity contribution in [2.45, 2.75) is 52.2 Å². The number of ether oxygens (including phenoxy) is 1. The Kier molecular flexibility index (Phi) is 5.73. The summed E-state index contributed by atoms with van der Waals surface area (Å²) in [6, 6.07) is 14.3. The number of nitrogens with zero attached hydrogens (tertiary/aromatic N) is 1. The smallest absolute Gasteiger partial charge is 0.419 e. The molecule has 1 aromatic heterocycles. The van der Waals surface area contributed by atoms with Gasteiger partial charge in [0.15, 0.2) is 11.7 Å². The molecule has 0 spiro atoms. The predicted molar refractivity (Wildman–Crippen MR) is 110 cm³/mol. The van der Waals surface area contributed by atoms with Crippen LogP contribution in [0.1, 0.15) is 50.0 Å². The molecule has 0 aliphatic rings. The van der Waals surface area contributed by atoms with E-state index >= 15 is 0 Å². The summed E-state index contributed by atoms with van der Waals surface area (Å²) in [6.45, 7) is 7.97. The molecule has 3 aromatic rings. The summed E-state index contributed by atoms with van der Waals surface area (Å²) in [5.74, 6) is -1.33. The molecule has 0 aliphatic heterocycles. The minimum absolute atomic E-state index is 0.00496. The van der Waals surface area contributed by atoms with E-state index in [4.69, 9.17) is 9.15 Å². The van der Waals surface area contributed by atoms with Crippen LogP contribution >= 0.6 is 0 Å². The summed E-state index contributed by atoms with van der Waals surface area (Å²) in [7, 11) is 0. The number of para-hydroxylation sites is 2. The van der Waals surface area contributed by atoms with Crippen LogP contribution in [0.2, 0.25) is 0 Å². The quantitative estimate of drug-likeness (QED) is 0.464. The zero-order valence-electron chi connectivity index (χ0n) is 17.1. The molecule has 6 nitrogen and oxygen atoms in total. The number of carbonyl (C=O) groups is 2. The van der Waals surface area contributed by atoms with Crippen molar-refractivity contribution in [3.8, 4) is 0 Å². The Morgan fingerprint density at radius 3 is 2.38 bits per heavy atom. The van der Waals surface area contributed by atoms with Gasteiger partial charge in [0.2, 0.25) is 5.78 Å². The second kappa shape index (κ2) is 8.07. The van der Waals surface area contributed by atoms with Crippen molar-refractivity contribution in [3.63, 3.8) is 0 Å². The SMILES string of the molecule is C[C@H](OC(=O)CCn1c(=O)oc2ccccc21)C(=O)c1ccc(C(C)(C)C)cc1. The van der Waals surface area contributed by atoms with Crippen molar-refractivity contribution in [1.29, 1.82) is 0 Å². The zero-order valence-corrected chi connectivity index (χ0v) is 17.1. The average molecular weight is 395 g/mol. The van der Waals surface area contributed by atoms with Crippen LogP contribution in [0.25, 0.3) is 11.1 Å². The molecular formula is C23H25NO5. The molecule has 3 rings (SSSR count). The Morgan fingerprint density at radius 1 is 1.07 bits per heavy atom. The highest BCUT2D eigenvalue weighted by Crippen LogP contribution is 2.22. The van der Waals surface area contributed by atoms with Crippen molar-refractivity contribution >= 4 is 22.9 Å². The van der Waals surface area contributed by atoms with E-state index in [0.717, 1.165) is 5.56 Å². The Hall–Kier alpha value is -3.15. The number of rotatable bonds is 6. The van der Waals surface area contributed by atoms with Crippen LogP contribution in [0.4, 0.5) is 0 Å². The van der Waals surface area contributed by atoms with Gasteiger partial charge in [-0.25, -0.2) is 4.79 Å². The van der Waals surface area contributed by atoms with Gasteiger partial charge in [-0.15, -0.1) is 0 Å². The average Bonchev–Trinajstić information content (AvgIpc) is 3.00. The Morgan fingerprint density at radius 2 is 1.72 bits per heavy atom. The minimum atomic E-state index is -0.902. The standard InChI is InChI=1S/C23H25NO5/c1-15(21(26)16-9-11-17(12-10-16)23(2,3)4)28-20(25)13-14-24-18-7-5-6-8-19(18)29-22(24)27/h5-12,15H,13-14H2,1-4H3/t15-/m0/s1. The van der Waals surface area contributed by atoms with Gasteiger partial charge in [-0.1, -0.05) is 57.2 Å². The molecular weight excluding hydrogens is 370 g/mol. The van der Waals surface area contributed by atoms with Crippen molar-refractivity contribution in [3.05, 3.63) is 70.2 Å². The fourth-order valence-corrected chi connectivity index (χ4v) is 3.11. The van der Waals surface area contributed by atoms with Crippen molar-refractivity contribution in [1.82, 2.24) is 4.57 Å². The van der Waals surface area contributed by atoms with Crippen LogP contribution in [0, 0.1) is 0 Å². The number of hydrogen-bond acceptors (Lipinski definition) is 5. The largest absolute Gasteiger partial charge is 0.454 e. The zero-order chi connectivity index (χ0) is 21.2. The van der Waals surface area contributed by atoms with Gasteiger partial charge >= 0.3 is 11.7 Å². The maximum Gasteiger partial charge on any atom is 0.419 e. The number of aromatic nitrogens is 1. The Balaban J connectivity index is 1.60. The third-order valence-electron chi connectivity index (χ3n) is 4.83. The van der Waals surface area contributed by atoms with Crippen LogP contribution in [0.5, 0.6) is 0 Å². The lowest BCUT2D eigenvalue weighted by Crippen LogP contribution is -2.26. The Bertz CT molecular complexity index is 1080. The fraction of sp³-hybridized carbons (Fsp3) is 0.348. The van der Waals surface area contributed by atoms with E-state index in [0.29, 0.717) is 16.7 Å². The number of carbonyl (C=O) groups excluding carboxylic acids is 2. The highest BCUT2D eigenvalue weighted by Gasteiger charge is 2.21. The van der Waals surface area contributed by atoms with E-state index in [9.17, 15) is 14.4 Å². The van der Waals surface area contributed by atoms with Gasteiger partial charge in [0, 0.05) is 12.1 Å². The molecule has 0 saturated carbocycles. The summed E-state index contributed by atoms with van der Waals surface area (Å²) in [5, 5.41) is 0. The number of oxazole rings is 1. The lowest BCUT2D eigenvalue weighted by Gasteiger charge is -2.19. The summed E-state index contributed by atoms with van der Waals surface area (Å²) in [6.07, 6.45) is -0.940. The molecule has 1 atom stereocenters. The number of benzene rings is 2. The summed E-state index contributed by atoms with van der Waals surface area (Å²) in [5.41, 5.74) is 2.70.